The standard InChI is InChI=1S/C12H19FN2O2S/c1-9-5-6-10(11(13)8-9)12(15-14)4-3-7-18(2,16)17/h5-6,8,12,15H,3-4,7,14H2,1-2H3. The van der Waals surface area contributed by atoms with Gasteiger partial charge in [0.2, 0.25) is 0 Å². The maximum atomic E-state index is 13.7. The van der Waals surface area contributed by atoms with Crippen LogP contribution in [0.4, 0.5) is 4.39 Å². The van der Waals surface area contributed by atoms with E-state index in [1.54, 1.807) is 19.1 Å². The lowest BCUT2D eigenvalue weighted by Gasteiger charge is -2.17. The number of hydrogen-bond donors (Lipinski definition) is 2. The van der Waals surface area contributed by atoms with Crippen molar-refractivity contribution in [2.75, 3.05) is 12.0 Å². The van der Waals surface area contributed by atoms with Gasteiger partial charge in [-0.2, -0.15) is 0 Å². The lowest BCUT2D eigenvalue weighted by Crippen LogP contribution is -2.29. The smallest absolute Gasteiger partial charge is 0.147 e. The van der Waals surface area contributed by atoms with Crippen molar-refractivity contribution in [3.63, 3.8) is 0 Å². The van der Waals surface area contributed by atoms with Crippen molar-refractivity contribution in [3.05, 3.63) is 35.1 Å². The van der Waals surface area contributed by atoms with Gasteiger partial charge >= 0.3 is 0 Å². The van der Waals surface area contributed by atoms with Crippen LogP contribution in [0, 0.1) is 12.7 Å². The summed E-state index contributed by atoms with van der Waals surface area (Å²) >= 11 is 0. The fourth-order valence-electron chi connectivity index (χ4n) is 1.79. The SMILES string of the molecule is Cc1ccc(C(CCCS(C)(=O)=O)NN)c(F)c1. The molecule has 1 unspecified atom stereocenters. The van der Waals surface area contributed by atoms with E-state index in [-0.39, 0.29) is 17.6 Å². The average Bonchev–Trinajstić information content (AvgIpc) is 2.24. The zero-order valence-corrected chi connectivity index (χ0v) is 11.4. The van der Waals surface area contributed by atoms with Crippen molar-refractivity contribution in [2.45, 2.75) is 25.8 Å². The molecule has 0 aliphatic heterocycles. The van der Waals surface area contributed by atoms with E-state index >= 15 is 0 Å². The van der Waals surface area contributed by atoms with Gasteiger partial charge in [0.25, 0.3) is 0 Å². The summed E-state index contributed by atoms with van der Waals surface area (Å²) in [5.41, 5.74) is 3.84. The van der Waals surface area contributed by atoms with Crippen LogP contribution in [0.25, 0.3) is 0 Å². The van der Waals surface area contributed by atoms with Gasteiger partial charge in [-0.25, -0.2) is 12.8 Å². The Kier molecular flexibility index (Phi) is 5.25. The van der Waals surface area contributed by atoms with Crippen molar-refractivity contribution < 1.29 is 12.8 Å². The number of rotatable bonds is 6. The Hall–Kier alpha value is -0.980. The third kappa shape index (κ3) is 4.72. The Morgan fingerprint density at radius 3 is 2.61 bits per heavy atom. The van der Waals surface area contributed by atoms with Crippen LogP contribution in [0.3, 0.4) is 0 Å². The Morgan fingerprint density at radius 1 is 1.44 bits per heavy atom. The highest BCUT2D eigenvalue weighted by molar-refractivity contribution is 7.90. The van der Waals surface area contributed by atoms with Gasteiger partial charge in [0, 0.05) is 23.6 Å². The highest BCUT2D eigenvalue weighted by Crippen LogP contribution is 2.22. The molecular weight excluding hydrogens is 255 g/mol. The van der Waals surface area contributed by atoms with Crippen molar-refractivity contribution in [1.29, 1.82) is 0 Å². The third-order valence-electron chi connectivity index (χ3n) is 2.74. The number of hydrogen-bond acceptors (Lipinski definition) is 4. The van der Waals surface area contributed by atoms with E-state index < -0.39 is 9.84 Å². The first-order valence-electron chi connectivity index (χ1n) is 5.73. The highest BCUT2D eigenvalue weighted by Gasteiger charge is 2.15. The van der Waals surface area contributed by atoms with E-state index in [1.807, 2.05) is 0 Å². The van der Waals surface area contributed by atoms with E-state index in [4.69, 9.17) is 5.84 Å². The van der Waals surface area contributed by atoms with Crippen LogP contribution in [0.15, 0.2) is 18.2 Å². The van der Waals surface area contributed by atoms with E-state index in [1.165, 1.54) is 12.3 Å². The molecule has 0 heterocycles. The summed E-state index contributed by atoms with van der Waals surface area (Å²) in [5.74, 6) is 5.16. The van der Waals surface area contributed by atoms with Gasteiger partial charge < -0.3 is 0 Å². The molecule has 0 fully saturated rings. The third-order valence-corrected chi connectivity index (χ3v) is 3.77. The van der Waals surface area contributed by atoms with Crippen LogP contribution in [-0.2, 0) is 9.84 Å². The summed E-state index contributed by atoms with van der Waals surface area (Å²) < 4.78 is 35.8. The summed E-state index contributed by atoms with van der Waals surface area (Å²) in [7, 11) is -2.99. The topological polar surface area (TPSA) is 72.2 Å². The molecular formula is C12H19FN2O2S. The van der Waals surface area contributed by atoms with Gasteiger partial charge in [0.15, 0.2) is 0 Å². The highest BCUT2D eigenvalue weighted by atomic mass is 32.2. The molecule has 0 aliphatic carbocycles. The van der Waals surface area contributed by atoms with Crippen LogP contribution in [0.1, 0.15) is 30.0 Å². The Balaban J connectivity index is 2.71. The summed E-state index contributed by atoms with van der Waals surface area (Å²) in [6.45, 7) is 1.81. The van der Waals surface area contributed by atoms with Gasteiger partial charge in [0.05, 0.1) is 0 Å². The lowest BCUT2D eigenvalue weighted by molar-refractivity contribution is 0.479. The number of sulfone groups is 1. The van der Waals surface area contributed by atoms with Crippen molar-refractivity contribution in [3.8, 4) is 0 Å². The zero-order chi connectivity index (χ0) is 13.8. The monoisotopic (exact) mass is 274 g/mol. The minimum atomic E-state index is -2.99. The number of aryl methyl sites for hydroxylation is 1. The number of halogens is 1. The molecule has 0 aromatic heterocycles. The van der Waals surface area contributed by atoms with Crippen molar-refractivity contribution in [1.82, 2.24) is 5.43 Å². The molecule has 1 atom stereocenters. The second-order valence-electron chi connectivity index (χ2n) is 4.52. The molecule has 0 bridgehead atoms. The maximum Gasteiger partial charge on any atom is 0.147 e. The van der Waals surface area contributed by atoms with Crippen LogP contribution in [0.2, 0.25) is 0 Å². The molecule has 0 amide bonds. The predicted molar refractivity (Wildman–Crippen MR) is 70.1 cm³/mol. The fraction of sp³-hybridized carbons (Fsp3) is 0.500. The largest absolute Gasteiger partial charge is 0.271 e. The zero-order valence-electron chi connectivity index (χ0n) is 10.6. The first kappa shape index (κ1) is 15.1. The first-order chi connectivity index (χ1) is 8.33. The average molecular weight is 274 g/mol. The molecule has 4 nitrogen and oxygen atoms in total. The van der Waals surface area contributed by atoms with Crippen LogP contribution >= 0.6 is 0 Å². The molecule has 0 aliphatic rings. The molecule has 1 rings (SSSR count). The molecule has 1 aromatic carbocycles. The minimum Gasteiger partial charge on any atom is -0.271 e. The van der Waals surface area contributed by atoms with Crippen LogP contribution in [-0.4, -0.2) is 20.4 Å². The molecule has 0 saturated carbocycles. The van der Waals surface area contributed by atoms with Crippen LogP contribution in [0.5, 0.6) is 0 Å². The number of benzene rings is 1. The minimum absolute atomic E-state index is 0.0820. The number of hydrazine groups is 1. The summed E-state index contributed by atoms with van der Waals surface area (Å²) in [4.78, 5) is 0. The van der Waals surface area contributed by atoms with Gasteiger partial charge in [0.1, 0.15) is 15.7 Å². The lowest BCUT2D eigenvalue weighted by atomic mass is 10.0. The molecule has 0 radical (unpaired) electrons. The van der Waals surface area contributed by atoms with E-state index in [9.17, 15) is 12.8 Å². The molecule has 0 spiro atoms. The first-order valence-corrected chi connectivity index (χ1v) is 7.79. The summed E-state index contributed by atoms with van der Waals surface area (Å²) in [6.07, 6.45) is 2.11. The number of nitrogens with one attached hydrogen (secondary N) is 1. The Morgan fingerprint density at radius 2 is 2.11 bits per heavy atom. The molecule has 3 N–H and O–H groups in total. The fourth-order valence-corrected chi connectivity index (χ4v) is 2.48. The predicted octanol–water partition coefficient (Wildman–Crippen LogP) is 1.46. The summed E-state index contributed by atoms with van der Waals surface area (Å²) in [6, 6.07) is 4.55. The molecule has 18 heavy (non-hydrogen) atoms. The quantitative estimate of drug-likeness (QED) is 0.608. The maximum absolute atomic E-state index is 13.7. The number of nitrogens with two attached hydrogens (primary N) is 1. The normalized spacial score (nSPS) is 13.6. The van der Waals surface area contributed by atoms with Crippen LogP contribution < -0.4 is 11.3 Å². The van der Waals surface area contributed by atoms with Crippen molar-refractivity contribution in [2.24, 2.45) is 5.84 Å². The van der Waals surface area contributed by atoms with Gasteiger partial charge in [-0.15, -0.1) is 0 Å². The molecule has 6 heteroatoms. The van der Waals surface area contributed by atoms with Gasteiger partial charge in [-0.3, -0.25) is 11.3 Å². The second-order valence-corrected chi connectivity index (χ2v) is 6.78. The van der Waals surface area contributed by atoms with E-state index in [0.29, 0.717) is 18.4 Å². The summed E-state index contributed by atoms with van der Waals surface area (Å²) in [5, 5.41) is 0. The molecule has 1 aromatic rings. The van der Waals surface area contributed by atoms with E-state index in [0.717, 1.165) is 5.56 Å². The van der Waals surface area contributed by atoms with Gasteiger partial charge in [-0.05, 0) is 31.4 Å². The molecule has 0 saturated heterocycles. The van der Waals surface area contributed by atoms with Crippen molar-refractivity contribution >= 4 is 9.84 Å². The van der Waals surface area contributed by atoms with Gasteiger partial charge in [-0.1, -0.05) is 12.1 Å². The molecule has 102 valence electrons. The Bertz CT molecular complexity index is 503. The Labute approximate surface area is 107 Å². The van der Waals surface area contributed by atoms with E-state index in [2.05, 4.69) is 5.43 Å². The second kappa shape index (κ2) is 6.26.